The summed E-state index contributed by atoms with van der Waals surface area (Å²) in [5.41, 5.74) is 7.71. The SMILES string of the molecule is CCCO/N=C(/C([NH])=O)c1ccccc1. The van der Waals surface area contributed by atoms with Crippen LogP contribution in [0.5, 0.6) is 0 Å². The molecule has 0 fully saturated rings. The van der Waals surface area contributed by atoms with Gasteiger partial charge in [0.1, 0.15) is 6.61 Å². The maximum absolute atomic E-state index is 11.0. The zero-order valence-corrected chi connectivity index (χ0v) is 8.56. The van der Waals surface area contributed by atoms with E-state index in [-0.39, 0.29) is 5.71 Å². The van der Waals surface area contributed by atoms with Crippen LogP contribution in [0.4, 0.5) is 0 Å². The lowest BCUT2D eigenvalue weighted by molar-refractivity contribution is -0.112. The zero-order valence-electron chi connectivity index (χ0n) is 8.56. The molecule has 1 aromatic carbocycles. The first-order chi connectivity index (χ1) is 7.25. The lowest BCUT2D eigenvalue weighted by Crippen LogP contribution is -2.16. The molecule has 0 atom stereocenters. The third kappa shape index (κ3) is 3.42. The van der Waals surface area contributed by atoms with Crippen LogP contribution in [0.25, 0.3) is 0 Å². The van der Waals surface area contributed by atoms with Crippen molar-refractivity contribution in [2.45, 2.75) is 13.3 Å². The van der Waals surface area contributed by atoms with Crippen molar-refractivity contribution >= 4 is 11.6 Å². The maximum Gasteiger partial charge on any atom is 0.292 e. The number of nitrogens with zero attached hydrogens (tertiary/aromatic N) is 1. The summed E-state index contributed by atoms with van der Waals surface area (Å²) >= 11 is 0. The molecule has 0 unspecified atom stereocenters. The largest absolute Gasteiger partial charge is 0.395 e. The summed E-state index contributed by atoms with van der Waals surface area (Å²) in [7, 11) is 0. The molecule has 0 aliphatic carbocycles. The molecule has 0 bridgehead atoms. The van der Waals surface area contributed by atoms with Crippen molar-refractivity contribution in [1.82, 2.24) is 5.73 Å². The molecule has 79 valence electrons. The fraction of sp³-hybridized carbons (Fsp3) is 0.273. The molecule has 0 aliphatic rings. The van der Waals surface area contributed by atoms with E-state index in [4.69, 9.17) is 10.6 Å². The number of amides is 1. The van der Waals surface area contributed by atoms with Crippen molar-refractivity contribution in [2.24, 2.45) is 5.16 Å². The van der Waals surface area contributed by atoms with E-state index in [9.17, 15) is 4.79 Å². The average molecular weight is 205 g/mol. The Kier molecular flexibility index (Phi) is 4.34. The summed E-state index contributed by atoms with van der Waals surface area (Å²) in [4.78, 5) is 15.9. The molecule has 1 N–H and O–H groups in total. The Labute approximate surface area is 88.7 Å². The van der Waals surface area contributed by atoms with Crippen LogP contribution >= 0.6 is 0 Å². The lowest BCUT2D eigenvalue weighted by atomic mass is 10.1. The summed E-state index contributed by atoms with van der Waals surface area (Å²) in [6.45, 7) is 2.39. The van der Waals surface area contributed by atoms with Crippen molar-refractivity contribution in [2.75, 3.05) is 6.61 Å². The fourth-order valence-electron chi connectivity index (χ4n) is 1.02. The number of rotatable bonds is 5. The number of carbonyl (C=O) groups is 1. The second-order valence-electron chi connectivity index (χ2n) is 2.97. The number of benzene rings is 1. The van der Waals surface area contributed by atoms with Gasteiger partial charge in [-0.25, -0.2) is 0 Å². The van der Waals surface area contributed by atoms with Crippen LogP contribution in [-0.2, 0) is 9.63 Å². The normalized spacial score (nSPS) is 11.1. The molecule has 0 spiro atoms. The number of oxime groups is 1. The fourth-order valence-corrected chi connectivity index (χ4v) is 1.02. The van der Waals surface area contributed by atoms with Gasteiger partial charge in [-0.1, -0.05) is 42.4 Å². The Bertz CT molecular complexity index is 347. The highest BCUT2D eigenvalue weighted by molar-refractivity contribution is 6.44. The van der Waals surface area contributed by atoms with Crippen molar-refractivity contribution in [3.05, 3.63) is 35.9 Å². The van der Waals surface area contributed by atoms with Crippen LogP contribution in [0.15, 0.2) is 35.5 Å². The van der Waals surface area contributed by atoms with Crippen LogP contribution < -0.4 is 5.73 Å². The van der Waals surface area contributed by atoms with E-state index in [0.717, 1.165) is 6.42 Å². The van der Waals surface area contributed by atoms with Gasteiger partial charge >= 0.3 is 0 Å². The molecule has 1 radical (unpaired) electrons. The summed E-state index contributed by atoms with van der Waals surface area (Å²) in [5, 5.41) is 3.66. The molecular weight excluding hydrogens is 192 g/mol. The average Bonchev–Trinajstić information content (AvgIpc) is 2.25. The topological polar surface area (TPSA) is 62.5 Å². The molecule has 4 nitrogen and oxygen atoms in total. The quantitative estimate of drug-likeness (QED) is 0.416. The zero-order chi connectivity index (χ0) is 11.1. The molecule has 0 saturated carbocycles. The molecule has 4 heteroatoms. The Morgan fingerprint density at radius 1 is 1.40 bits per heavy atom. The molecule has 0 aromatic heterocycles. The number of nitrogens with one attached hydrogen (secondary N) is 1. The van der Waals surface area contributed by atoms with Gasteiger partial charge in [0.05, 0.1) is 0 Å². The summed E-state index contributed by atoms with van der Waals surface area (Å²) in [6, 6.07) is 8.85. The monoisotopic (exact) mass is 205 g/mol. The van der Waals surface area contributed by atoms with Crippen LogP contribution in [0, 0.1) is 0 Å². The predicted molar refractivity (Wildman–Crippen MR) is 57.3 cm³/mol. The molecule has 0 heterocycles. The maximum atomic E-state index is 11.0. The van der Waals surface area contributed by atoms with E-state index in [1.54, 1.807) is 24.3 Å². The van der Waals surface area contributed by atoms with Crippen molar-refractivity contribution in [1.29, 1.82) is 0 Å². The second-order valence-corrected chi connectivity index (χ2v) is 2.97. The van der Waals surface area contributed by atoms with E-state index >= 15 is 0 Å². The van der Waals surface area contributed by atoms with Gasteiger partial charge in [-0.15, -0.1) is 0 Å². The minimum Gasteiger partial charge on any atom is -0.395 e. The van der Waals surface area contributed by atoms with Gasteiger partial charge in [0, 0.05) is 5.56 Å². The van der Waals surface area contributed by atoms with E-state index in [1.807, 2.05) is 13.0 Å². The van der Waals surface area contributed by atoms with Gasteiger partial charge in [0.2, 0.25) is 0 Å². The predicted octanol–water partition coefficient (Wildman–Crippen LogP) is 1.63. The van der Waals surface area contributed by atoms with Gasteiger partial charge in [0.25, 0.3) is 5.91 Å². The van der Waals surface area contributed by atoms with E-state index in [1.165, 1.54) is 0 Å². The highest BCUT2D eigenvalue weighted by Crippen LogP contribution is 2.02. The second kappa shape index (κ2) is 5.80. The Hall–Kier alpha value is -1.84. The lowest BCUT2D eigenvalue weighted by Gasteiger charge is -2.01. The number of hydrogen-bond donors (Lipinski definition) is 0. The van der Waals surface area contributed by atoms with Crippen LogP contribution in [0.2, 0.25) is 0 Å². The minimum absolute atomic E-state index is 0.0454. The third-order valence-corrected chi connectivity index (χ3v) is 1.71. The van der Waals surface area contributed by atoms with Crippen LogP contribution in [0.1, 0.15) is 18.9 Å². The molecule has 0 aliphatic heterocycles. The van der Waals surface area contributed by atoms with Gasteiger partial charge < -0.3 is 4.84 Å². The Morgan fingerprint density at radius 2 is 2.07 bits per heavy atom. The first-order valence-electron chi connectivity index (χ1n) is 4.77. The highest BCUT2D eigenvalue weighted by Gasteiger charge is 2.11. The number of hydrogen-bond acceptors (Lipinski definition) is 3. The smallest absolute Gasteiger partial charge is 0.292 e. The van der Waals surface area contributed by atoms with Crippen molar-refractivity contribution in [3.63, 3.8) is 0 Å². The standard InChI is InChI=1S/C11H13N2O2/c1-2-8-15-13-10(11(12)14)9-6-4-3-5-7-9/h3-7,12H,2,8H2,1H3/b13-10+. The first-order valence-corrected chi connectivity index (χ1v) is 4.77. The van der Waals surface area contributed by atoms with E-state index < -0.39 is 5.91 Å². The van der Waals surface area contributed by atoms with Gasteiger partial charge in [-0.2, -0.15) is 0 Å². The van der Waals surface area contributed by atoms with E-state index in [2.05, 4.69) is 5.16 Å². The molecule has 1 aromatic rings. The Morgan fingerprint density at radius 3 is 2.60 bits per heavy atom. The van der Waals surface area contributed by atoms with Gasteiger partial charge in [-0.3, -0.25) is 10.5 Å². The molecule has 15 heavy (non-hydrogen) atoms. The molecule has 0 saturated heterocycles. The van der Waals surface area contributed by atoms with Crippen LogP contribution in [-0.4, -0.2) is 18.2 Å². The van der Waals surface area contributed by atoms with Crippen molar-refractivity contribution < 1.29 is 9.63 Å². The summed E-state index contributed by atoms with van der Waals surface area (Å²) < 4.78 is 0. The molecular formula is C11H13N2O2. The Balaban J connectivity index is 2.84. The third-order valence-electron chi connectivity index (χ3n) is 1.71. The molecule has 1 amide bonds. The summed E-state index contributed by atoms with van der Waals surface area (Å²) in [5.74, 6) is -0.836. The van der Waals surface area contributed by atoms with Gasteiger partial charge in [-0.05, 0) is 6.42 Å². The summed E-state index contributed by atoms with van der Waals surface area (Å²) in [6.07, 6.45) is 0.817. The minimum atomic E-state index is -0.836. The van der Waals surface area contributed by atoms with Crippen molar-refractivity contribution in [3.8, 4) is 0 Å². The van der Waals surface area contributed by atoms with Crippen LogP contribution in [0.3, 0.4) is 0 Å². The first kappa shape index (κ1) is 11.2. The highest BCUT2D eigenvalue weighted by atomic mass is 16.6. The van der Waals surface area contributed by atoms with E-state index in [0.29, 0.717) is 12.2 Å². The number of carbonyl (C=O) groups excluding carboxylic acids is 1. The molecule has 1 rings (SSSR count). The van der Waals surface area contributed by atoms with Gasteiger partial charge in [0.15, 0.2) is 5.71 Å².